The van der Waals surface area contributed by atoms with Gasteiger partial charge in [0.1, 0.15) is 5.75 Å². The number of nitrogens with two attached hydrogens (primary N) is 1. The summed E-state index contributed by atoms with van der Waals surface area (Å²) in [6, 6.07) is 10.1. The van der Waals surface area contributed by atoms with Crippen molar-refractivity contribution in [3.05, 3.63) is 30.3 Å². The Balaban J connectivity index is 1.83. The van der Waals surface area contributed by atoms with Gasteiger partial charge in [-0.2, -0.15) is 0 Å². The van der Waals surface area contributed by atoms with Gasteiger partial charge in [-0.25, -0.2) is 0 Å². The van der Waals surface area contributed by atoms with Crippen LogP contribution < -0.4 is 10.5 Å². The Hall–Kier alpha value is -1.02. The van der Waals surface area contributed by atoms with E-state index in [1.165, 1.54) is 44.9 Å². The van der Waals surface area contributed by atoms with Crippen LogP contribution >= 0.6 is 0 Å². The number of benzene rings is 1. The van der Waals surface area contributed by atoms with Gasteiger partial charge in [-0.1, -0.05) is 50.3 Å². The van der Waals surface area contributed by atoms with Gasteiger partial charge in [-0.3, -0.25) is 0 Å². The van der Waals surface area contributed by atoms with E-state index >= 15 is 0 Å². The topological polar surface area (TPSA) is 35.2 Å². The molecule has 1 aliphatic rings. The number of rotatable bonds is 5. The Bertz CT molecular complexity index is 342. The van der Waals surface area contributed by atoms with Gasteiger partial charge in [-0.15, -0.1) is 0 Å². The van der Waals surface area contributed by atoms with Gasteiger partial charge in [0.25, 0.3) is 0 Å². The van der Waals surface area contributed by atoms with Crippen molar-refractivity contribution in [2.24, 2.45) is 11.1 Å². The van der Waals surface area contributed by atoms with Gasteiger partial charge >= 0.3 is 0 Å². The molecule has 1 aliphatic carbocycles. The fourth-order valence-corrected chi connectivity index (χ4v) is 3.11. The minimum absolute atomic E-state index is 0.329. The summed E-state index contributed by atoms with van der Waals surface area (Å²) >= 11 is 0. The van der Waals surface area contributed by atoms with Gasteiger partial charge in [0.15, 0.2) is 0 Å². The second-order valence-corrected chi connectivity index (χ2v) is 5.88. The SMILES string of the molecule is NCC1(CCOc2ccccc2)CCCCCCC1. The van der Waals surface area contributed by atoms with E-state index in [1.54, 1.807) is 0 Å². The highest BCUT2D eigenvalue weighted by Crippen LogP contribution is 2.36. The summed E-state index contributed by atoms with van der Waals surface area (Å²) in [6.45, 7) is 1.60. The molecule has 2 heteroatoms. The van der Waals surface area contributed by atoms with Crippen LogP contribution in [0.4, 0.5) is 0 Å². The molecule has 0 heterocycles. The molecule has 106 valence electrons. The number of hydrogen-bond donors (Lipinski definition) is 1. The summed E-state index contributed by atoms with van der Waals surface area (Å²) in [5.74, 6) is 0.973. The maximum absolute atomic E-state index is 6.08. The first-order chi connectivity index (χ1) is 9.35. The van der Waals surface area contributed by atoms with Crippen molar-refractivity contribution < 1.29 is 4.74 Å². The Labute approximate surface area is 117 Å². The van der Waals surface area contributed by atoms with Crippen LogP contribution in [0, 0.1) is 5.41 Å². The Morgan fingerprint density at radius 2 is 1.58 bits per heavy atom. The van der Waals surface area contributed by atoms with Crippen molar-refractivity contribution in [1.82, 2.24) is 0 Å². The zero-order chi connectivity index (χ0) is 13.4. The van der Waals surface area contributed by atoms with Gasteiger partial charge in [0.05, 0.1) is 6.61 Å². The van der Waals surface area contributed by atoms with Crippen LogP contribution in [0.3, 0.4) is 0 Å². The molecule has 1 fully saturated rings. The van der Waals surface area contributed by atoms with Crippen LogP contribution in [0.2, 0.25) is 0 Å². The molecule has 0 radical (unpaired) electrons. The van der Waals surface area contributed by atoms with E-state index in [1.807, 2.05) is 30.3 Å². The minimum atomic E-state index is 0.329. The van der Waals surface area contributed by atoms with Gasteiger partial charge in [0, 0.05) is 0 Å². The van der Waals surface area contributed by atoms with Crippen LogP contribution in [0.15, 0.2) is 30.3 Å². The van der Waals surface area contributed by atoms with Crippen molar-refractivity contribution in [1.29, 1.82) is 0 Å². The zero-order valence-electron chi connectivity index (χ0n) is 11.9. The molecule has 19 heavy (non-hydrogen) atoms. The highest BCUT2D eigenvalue weighted by Gasteiger charge is 2.28. The molecule has 0 bridgehead atoms. The molecular weight excluding hydrogens is 234 g/mol. The molecular formula is C17H27NO. The summed E-state index contributed by atoms with van der Waals surface area (Å²) < 4.78 is 5.85. The zero-order valence-corrected chi connectivity index (χ0v) is 11.9. The second kappa shape index (κ2) is 7.54. The molecule has 0 atom stereocenters. The summed E-state index contributed by atoms with van der Waals surface area (Å²) in [4.78, 5) is 0. The normalized spacial score (nSPS) is 19.4. The lowest BCUT2D eigenvalue weighted by molar-refractivity contribution is 0.158. The summed E-state index contributed by atoms with van der Waals surface area (Å²) in [5, 5.41) is 0. The number of hydrogen-bond acceptors (Lipinski definition) is 2. The average molecular weight is 261 g/mol. The summed E-state index contributed by atoms with van der Waals surface area (Å²) in [6.07, 6.45) is 10.5. The molecule has 1 aromatic rings. The first-order valence-electron chi connectivity index (χ1n) is 7.73. The maximum atomic E-state index is 6.08. The largest absolute Gasteiger partial charge is 0.494 e. The van der Waals surface area contributed by atoms with Crippen molar-refractivity contribution in [3.8, 4) is 5.75 Å². The molecule has 1 aromatic carbocycles. The predicted molar refractivity (Wildman–Crippen MR) is 80.4 cm³/mol. The molecule has 0 amide bonds. The molecule has 2 nitrogen and oxygen atoms in total. The van der Waals surface area contributed by atoms with Crippen LogP contribution in [0.5, 0.6) is 5.75 Å². The van der Waals surface area contributed by atoms with Crippen LogP contribution in [0.1, 0.15) is 51.4 Å². The van der Waals surface area contributed by atoms with Crippen molar-refractivity contribution in [2.75, 3.05) is 13.2 Å². The van der Waals surface area contributed by atoms with Crippen molar-refractivity contribution in [2.45, 2.75) is 51.4 Å². The molecule has 0 aromatic heterocycles. The van der Waals surface area contributed by atoms with Crippen LogP contribution in [-0.4, -0.2) is 13.2 Å². The molecule has 2 N–H and O–H groups in total. The molecule has 1 saturated carbocycles. The lowest BCUT2D eigenvalue weighted by atomic mass is 9.74. The fourth-order valence-electron chi connectivity index (χ4n) is 3.11. The predicted octanol–water partition coefficient (Wildman–Crippen LogP) is 4.14. The third kappa shape index (κ3) is 4.54. The molecule has 2 rings (SSSR count). The number of ether oxygens (including phenoxy) is 1. The van der Waals surface area contributed by atoms with Gasteiger partial charge < -0.3 is 10.5 Å². The van der Waals surface area contributed by atoms with Crippen LogP contribution in [-0.2, 0) is 0 Å². The van der Waals surface area contributed by atoms with E-state index in [2.05, 4.69) is 0 Å². The third-order valence-electron chi connectivity index (χ3n) is 4.49. The number of para-hydroxylation sites is 1. The smallest absolute Gasteiger partial charge is 0.119 e. The third-order valence-corrected chi connectivity index (χ3v) is 4.49. The lowest BCUT2D eigenvalue weighted by Gasteiger charge is -2.34. The fraction of sp³-hybridized carbons (Fsp3) is 0.647. The quantitative estimate of drug-likeness (QED) is 0.864. The molecule has 0 spiro atoms. The summed E-state index contributed by atoms with van der Waals surface area (Å²) in [7, 11) is 0. The lowest BCUT2D eigenvalue weighted by Crippen LogP contribution is -2.33. The van der Waals surface area contributed by atoms with Crippen molar-refractivity contribution in [3.63, 3.8) is 0 Å². The van der Waals surface area contributed by atoms with E-state index in [4.69, 9.17) is 10.5 Å². The first kappa shape index (κ1) is 14.4. The first-order valence-corrected chi connectivity index (χ1v) is 7.73. The average Bonchev–Trinajstić information content (AvgIpc) is 2.43. The minimum Gasteiger partial charge on any atom is -0.494 e. The maximum Gasteiger partial charge on any atom is 0.119 e. The standard InChI is InChI=1S/C17H27NO/c18-15-17(11-7-2-1-3-8-12-17)13-14-19-16-9-5-4-6-10-16/h4-6,9-10H,1-3,7-8,11-15,18H2. The molecule has 0 aliphatic heterocycles. The Morgan fingerprint density at radius 1 is 0.947 bits per heavy atom. The highest BCUT2D eigenvalue weighted by atomic mass is 16.5. The van der Waals surface area contributed by atoms with E-state index in [0.29, 0.717) is 5.41 Å². The second-order valence-electron chi connectivity index (χ2n) is 5.88. The van der Waals surface area contributed by atoms with E-state index < -0.39 is 0 Å². The van der Waals surface area contributed by atoms with E-state index in [9.17, 15) is 0 Å². The van der Waals surface area contributed by atoms with Gasteiger partial charge in [-0.05, 0) is 43.4 Å². The van der Waals surface area contributed by atoms with Gasteiger partial charge in [0.2, 0.25) is 0 Å². The highest BCUT2D eigenvalue weighted by molar-refractivity contribution is 5.20. The van der Waals surface area contributed by atoms with E-state index in [0.717, 1.165) is 25.3 Å². The molecule has 0 unspecified atom stereocenters. The molecule has 0 saturated heterocycles. The van der Waals surface area contributed by atoms with Crippen LogP contribution in [0.25, 0.3) is 0 Å². The summed E-state index contributed by atoms with van der Waals surface area (Å²) in [5.41, 5.74) is 6.41. The van der Waals surface area contributed by atoms with E-state index in [-0.39, 0.29) is 0 Å². The monoisotopic (exact) mass is 261 g/mol. The van der Waals surface area contributed by atoms with Crippen molar-refractivity contribution >= 4 is 0 Å². The Morgan fingerprint density at radius 3 is 2.21 bits per heavy atom. The Kier molecular flexibility index (Phi) is 5.71.